The van der Waals surface area contributed by atoms with E-state index in [-0.39, 0.29) is 0 Å². The van der Waals surface area contributed by atoms with Crippen LogP contribution in [0.1, 0.15) is 21.5 Å². The summed E-state index contributed by atoms with van der Waals surface area (Å²) >= 11 is 0. The summed E-state index contributed by atoms with van der Waals surface area (Å²) in [5.74, 6) is -3.04. The quantitative estimate of drug-likeness (QED) is 0.502. The molecule has 0 aliphatic heterocycles. The van der Waals surface area contributed by atoms with Crippen LogP contribution in [0.25, 0.3) is 0 Å². The Morgan fingerprint density at radius 1 is 1.14 bits per heavy atom. The van der Waals surface area contributed by atoms with Gasteiger partial charge in [-0.3, -0.25) is 4.79 Å². The molecule has 0 saturated carbocycles. The van der Waals surface area contributed by atoms with Crippen LogP contribution >= 0.6 is 0 Å². The van der Waals surface area contributed by atoms with Gasteiger partial charge in [0.15, 0.2) is 5.78 Å². The van der Waals surface area contributed by atoms with E-state index < -0.39 is 17.5 Å². The Labute approximate surface area is 121 Å². The van der Waals surface area contributed by atoms with Crippen molar-refractivity contribution in [1.82, 2.24) is 4.57 Å². The van der Waals surface area contributed by atoms with E-state index in [1.54, 1.807) is 18.5 Å². The van der Waals surface area contributed by atoms with Gasteiger partial charge in [0.1, 0.15) is 0 Å². The number of hydrogen-bond donors (Lipinski definition) is 2. The second-order valence-corrected chi connectivity index (χ2v) is 4.76. The lowest BCUT2D eigenvalue weighted by Crippen LogP contribution is -2.03. The third-order valence-electron chi connectivity index (χ3n) is 3.01. The lowest BCUT2D eigenvalue weighted by Gasteiger charge is -2.03. The fourth-order valence-corrected chi connectivity index (χ4v) is 1.86. The lowest BCUT2D eigenvalue weighted by atomic mass is 10.1. The van der Waals surface area contributed by atoms with Crippen molar-refractivity contribution in [2.24, 2.45) is 0 Å². The summed E-state index contributed by atoms with van der Waals surface area (Å²) < 4.78 is 1.82. The van der Waals surface area contributed by atoms with E-state index in [2.05, 4.69) is 0 Å². The van der Waals surface area contributed by atoms with Crippen LogP contribution in [0.4, 0.5) is 0 Å². The maximum absolute atomic E-state index is 11.8. The second-order valence-electron chi connectivity index (χ2n) is 4.76. The maximum atomic E-state index is 11.8. The van der Waals surface area contributed by atoms with E-state index in [1.165, 1.54) is 5.56 Å². The Kier molecular flexibility index (Phi) is 4.23. The number of nitrogens with zero attached hydrogens (tertiary/aromatic N) is 1. The highest BCUT2D eigenvalue weighted by atomic mass is 16.4. The molecular weight excluding hydrogens is 270 g/mol. The van der Waals surface area contributed by atoms with Crippen molar-refractivity contribution in [2.45, 2.75) is 13.5 Å². The number of carboxylic acids is 1. The number of ketones is 1. The standard InChI is InChI=1S/C16H15NO4/c1-11-2-4-12(5-3-11)9-17-7-6-13(10-17)14(18)8-15(19)16(20)21/h2-8,10,19H,9H2,1H3,(H,20,21). The van der Waals surface area contributed by atoms with Gasteiger partial charge in [-0.15, -0.1) is 0 Å². The number of aliphatic hydroxyl groups excluding tert-OH is 1. The van der Waals surface area contributed by atoms with E-state index in [1.807, 2.05) is 35.8 Å². The molecule has 0 unspecified atom stereocenters. The number of aromatic nitrogens is 1. The molecular formula is C16H15NO4. The molecule has 0 bridgehead atoms. The van der Waals surface area contributed by atoms with Gasteiger partial charge in [0, 0.05) is 30.6 Å². The molecule has 108 valence electrons. The molecule has 0 amide bonds. The van der Waals surface area contributed by atoms with Crippen LogP contribution in [0.2, 0.25) is 0 Å². The molecule has 0 atom stereocenters. The Morgan fingerprint density at radius 2 is 1.81 bits per heavy atom. The fraction of sp³-hybridized carbons (Fsp3) is 0.125. The zero-order chi connectivity index (χ0) is 15.4. The van der Waals surface area contributed by atoms with Gasteiger partial charge in [-0.2, -0.15) is 0 Å². The highest BCUT2D eigenvalue weighted by Gasteiger charge is 2.10. The van der Waals surface area contributed by atoms with E-state index >= 15 is 0 Å². The molecule has 2 N–H and O–H groups in total. The highest BCUT2D eigenvalue weighted by molar-refractivity contribution is 6.07. The topological polar surface area (TPSA) is 79.5 Å². The summed E-state index contributed by atoms with van der Waals surface area (Å²) in [6.07, 6.45) is 4.06. The van der Waals surface area contributed by atoms with Gasteiger partial charge >= 0.3 is 5.97 Å². The third-order valence-corrected chi connectivity index (χ3v) is 3.01. The first-order valence-corrected chi connectivity index (χ1v) is 6.35. The van der Waals surface area contributed by atoms with Crippen molar-refractivity contribution in [3.8, 4) is 0 Å². The minimum Gasteiger partial charge on any atom is -0.502 e. The second kappa shape index (κ2) is 6.09. The summed E-state index contributed by atoms with van der Waals surface area (Å²) in [7, 11) is 0. The van der Waals surface area contributed by atoms with Gasteiger partial charge in [0.05, 0.1) is 0 Å². The number of carbonyl (C=O) groups is 2. The van der Waals surface area contributed by atoms with Crippen molar-refractivity contribution in [2.75, 3.05) is 0 Å². The Morgan fingerprint density at radius 3 is 2.43 bits per heavy atom. The van der Waals surface area contributed by atoms with E-state index in [0.29, 0.717) is 18.2 Å². The Balaban J connectivity index is 2.11. The number of aryl methyl sites for hydroxylation is 1. The molecule has 0 fully saturated rings. The van der Waals surface area contributed by atoms with Crippen molar-refractivity contribution in [1.29, 1.82) is 0 Å². The van der Waals surface area contributed by atoms with E-state index in [0.717, 1.165) is 5.56 Å². The fourth-order valence-electron chi connectivity index (χ4n) is 1.86. The molecule has 5 heteroatoms. The average Bonchev–Trinajstić information content (AvgIpc) is 2.90. The average molecular weight is 285 g/mol. The smallest absolute Gasteiger partial charge is 0.371 e. The van der Waals surface area contributed by atoms with Crippen LogP contribution in [0.5, 0.6) is 0 Å². The molecule has 0 spiro atoms. The molecule has 1 aromatic heterocycles. The Bertz CT molecular complexity index is 695. The summed E-state index contributed by atoms with van der Waals surface area (Å²) in [6, 6.07) is 9.62. The predicted molar refractivity (Wildman–Crippen MR) is 77.4 cm³/mol. The van der Waals surface area contributed by atoms with Crippen molar-refractivity contribution in [3.05, 3.63) is 71.3 Å². The molecule has 2 aromatic rings. The normalized spacial score (nSPS) is 11.4. The molecule has 21 heavy (non-hydrogen) atoms. The van der Waals surface area contributed by atoms with Crippen LogP contribution in [0, 0.1) is 6.92 Å². The zero-order valence-corrected chi connectivity index (χ0v) is 11.5. The molecule has 5 nitrogen and oxygen atoms in total. The third kappa shape index (κ3) is 3.82. The van der Waals surface area contributed by atoms with Crippen molar-refractivity contribution >= 4 is 11.8 Å². The van der Waals surface area contributed by atoms with Crippen LogP contribution in [-0.4, -0.2) is 26.5 Å². The number of rotatable bonds is 5. The van der Waals surface area contributed by atoms with Crippen LogP contribution in [0.3, 0.4) is 0 Å². The molecule has 0 aliphatic carbocycles. The monoisotopic (exact) mass is 285 g/mol. The van der Waals surface area contributed by atoms with Crippen molar-refractivity contribution in [3.63, 3.8) is 0 Å². The van der Waals surface area contributed by atoms with E-state index in [4.69, 9.17) is 10.2 Å². The number of hydrogen-bond acceptors (Lipinski definition) is 3. The number of allylic oxidation sites excluding steroid dienone is 1. The number of carboxylic acid groups (broad SMARTS) is 1. The van der Waals surface area contributed by atoms with Crippen LogP contribution in [-0.2, 0) is 11.3 Å². The highest BCUT2D eigenvalue weighted by Crippen LogP contribution is 2.09. The first-order chi connectivity index (χ1) is 9.95. The first kappa shape index (κ1) is 14.6. The van der Waals surface area contributed by atoms with E-state index in [9.17, 15) is 9.59 Å². The molecule has 2 rings (SSSR count). The number of benzene rings is 1. The largest absolute Gasteiger partial charge is 0.502 e. The molecule has 0 radical (unpaired) electrons. The van der Waals surface area contributed by atoms with Gasteiger partial charge < -0.3 is 14.8 Å². The Hall–Kier alpha value is -2.82. The summed E-state index contributed by atoms with van der Waals surface area (Å²) in [5, 5.41) is 17.6. The van der Waals surface area contributed by atoms with Gasteiger partial charge in [0.25, 0.3) is 0 Å². The van der Waals surface area contributed by atoms with Gasteiger partial charge in [0.2, 0.25) is 5.76 Å². The first-order valence-electron chi connectivity index (χ1n) is 6.35. The number of carbonyl (C=O) groups excluding carboxylic acids is 1. The summed E-state index contributed by atoms with van der Waals surface area (Å²) in [5.41, 5.74) is 2.60. The molecule has 0 aliphatic rings. The molecule has 0 saturated heterocycles. The van der Waals surface area contributed by atoms with Crippen LogP contribution in [0.15, 0.2) is 54.6 Å². The minimum absolute atomic E-state index is 0.329. The SMILES string of the molecule is Cc1ccc(Cn2ccc(C(=O)C=C(O)C(=O)O)c2)cc1. The van der Waals surface area contributed by atoms with Gasteiger partial charge in [-0.05, 0) is 18.6 Å². The number of aliphatic hydroxyl groups is 1. The predicted octanol–water partition coefficient (Wildman–Crippen LogP) is 2.55. The van der Waals surface area contributed by atoms with Gasteiger partial charge in [-0.25, -0.2) is 4.79 Å². The van der Waals surface area contributed by atoms with Crippen molar-refractivity contribution < 1.29 is 19.8 Å². The summed E-state index contributed by atoms with van der Waals surface area (Å²) in [4.78, 5) is 22.2. The number of aliphatic carboxylic acids is 1. The zero-order valence-electron chi connectivity index (χ0n) is 11.5. The van der Waals surface area contributed by atoms with Gasteiger partial charge in [-0.1, -0.05) is 29.8 Å². The molecule has 1 aromatic carbocycles. The maximum Gasteiger partial charge on any atom is 0.371 e. The lowest BCUT2D eigenvalue weighted by molar-refractivity contribution is -0.135. The minimum atomic E-state index is -1.53. The molecule has 1 heterocycles. The summed E-state index contributed by atoms with van der Waals surface area (Å²) in [6.45, 7) is 2.62. The van der Waals surface area contributed by atoms with Crippen LogP contribution < -0.4 is 0 Å².